The second-order valence-corrected chi connectivity index (χ2v) is 9.67. The summed E-state index contributed by atoms with van der Waals surface area (Å²) < 4.78 is 28.8. The fraction of sp³-hybridized carbons (Fsp3) is 0.353. The van der Waals surface area contributed by atoms with E-state index in [1.807, 2.05) is 0 Å². The van der Waals surface area contributed by atoms with Gasteiger partial charge >= 0.3 is 24.6 Å². The van der Waals surface area contributed by atoms with Crippen molar-refractivity contribution < 1.29 is 38.1 Å². The Morgan fingerprint density at radius 2 is 1.93 bits per heavy atom. The lowest BCUT2D eigenvalue weighted by molar-refractivity contribution is -0.144. The number of nitrogens with two attached hydrogens (primary N) is 1. The van der Waals surface area contributed by atoms with E-state index in [1.165, 1.54) is 19.1 Å². The third-order valence-corrected chi connectivity index (χ3v) is 7.02. The van der Waals surface area contributed by atoms with Gasteiger partial charge in [0.1, 0.15) is 6.04 Å². The van der Waals surface area contributed by atoms with Crippen LogP contribution in [0.2, 0.25) is 0 Å². The van der Waals surface area contributed by atoms with Gasteiger partial charge in [-0.3, -0.25) is 4.79 Å². The number of carboxylic acids is 1. The topological polar surface area (TPSA) is 154 Å². The maximum absolute atomic E-state index is 13.2. The Morgan fingerprint density at radius 3 is 2.52 bits per heavy atom. The lowest BCUT2D eigenvalue weighted by Gasteiger charge is -2.23. The van der Waals surface area contributed by atoms with E-state index in [1.54, 1.807) is 19.1 Å². The number of aliphatic carboxylic acids is 1. The van der Waals surface area contributed by atoms with Gasteiger partial charge in [0.25, 0.3) is 0 Å². The van der Waals surface area contributed by atoms with Crippen molar-refractivity contribution in [2.75, 3.05) is 18.9 Å². The molecule has 0 aromatic heterocycles. The number of carbonyl (C=O) groups is 3. The summed E-state index contributed by atoms with van der Waals surface area (Å²) in [5.41, 5.74) is 5.48. The Bertz CT molecular complexity index is 801. The van der Waals surface area contributed by atoms with Crippen molar-refractivity contribution in [3.8, 4) is 11.5 Å². The zero-order valence-corrected chi connectivity index (χ0v) is 17.6. The minimum absolute atomic E-state index is 0.0408. The molecule has 0 bridgehead atoms. The molecule has 0 radical (unpaired) electrons. The van der Waals surface area contributed by atoms with Crippen LogP contribution in [-0.2, 0) is 23.7 Å². The van der Waals surface area contributed by atoms with Crippen molar-refractivity contribution in [1.82, 2.24) is 5.09 Å². The number of nitrogens with one attached hydrogen (secondary N) is 1. The average Bonchev–Trinajstić information content (AvgIpc) is 2.66. The predicted octanol–water partition coefficient (Wildman–Crippen LogP) is 1.95. The maximum Gasteiger partial charge on any atom is 0.375 e. The number of rotatable bonds is 12. The Labute approximate surface area is 172 Å². The molecule has 4 N–H and O–H groups in total. The molecule has 0 spiro atoms. The zero-order valence-electron chi connectivity index (χ0n) is 15.9. The summed E-state index contributed by atoms with van der Waals surface area (Å²) in [5, 5.41) is 11.2. The van der Waals surface area contributed by atoms with Crippen LogP contribution in [0, 0.1) is 0 Å². The Morgan fingerprint density at radius 1 is 1.28 bits per heavy atom. The number of hydrogen-bond donors (Lipinski definition) is 3. The highest BCUT2D eigenvalue weighted by Crippen LogP contribution is 2.57. The molecule has 1 aromatic carbocycles. The number of hydrogen-bond acceptors (Lipinski definition) is 9. The highest BCUT2D eigenvalue weighted by molar-refractivity contribution is 8.56. The van der Waals surface area contributed by atoms with Crippen molar-refractivity contribution in [3.63, 3.8) is 0 Å². The number of esters is 2. The molecule has 0 heterocycles. The molecule has 0 aliphatic heterocycles. The van der Waals surface area contributed by atoms with Crippen LogP contribution < -0.4 is 20.1 Å². The van der Waals surface area contributed by atoms with Gasteiger partial charge in [0, 0.05) is 24.4 Å². The van der Waals surface area contributed by atoms with E-state index < -0.39 is 30.7 Å². The van der Waals surface area contributed by atoms with Gasteiger partial charge in [-0.05, 0) is 37.4 Å². The second-order valence-electron chi connectivity index (χ2n) is 5.35. The monoisotopic (exact) mass is 446 g/mol. The normalized spacial score (nSPS) is 14.0. The van der Waals surface area contributed by atoms with Crippen LogP contribution in [0.5, 0.6) is 11.5 Å². The van der Waals surface area contributed by atoms with Crippen LogP contribution in [0.1, 0.15) is 13.8 Å². The quantitative estimate of drug-likeness (QED) is 0.187. The summed E-state index contributed by atoms with van der Waals surface area (Å²) in [5.74, 6) is -2.73. The van der Waals surface area contributed by atoms with Gasteiger partial charge in [-0.25, -0.2) is 19.2 Å². The first kappa shape index (κ1) is 24.7. The van der Waals surface area contributed by atoms with Crippen LogP contribution in [-0.4, -0.2) is 48.0 Å². The standard InChI is InChI=1S/C17H23N2O8PS/c1-3-25-17(23)12(2)19-28(24,29-11-10-18)27-14-7-5-4-6-13(14)26-16(22)9-8-15(20)21/h4-9,12H,3,10-11,18H2,1-2H3,(H,19,24)(H,20,21)/b9-8+/t12-,28+/m0/s1. The number of ether oxygens (including phenoxy) is 2. The second kappa shape index (κ2) is 12.3. The summed E-state index contributed by atoms with van der Waals surface area (Å²) in [6.45, 7) is -0.219. The van der Waals surface area contributed by atoms with E-state index in [0.29, 0.717) is 6.08 Å². The van der Waals surface area contributed by atoms with E-state index in [9.17, 15) is 18.9 Å². The smallest absolute Gasteiger partial charge is 0.375 e. The number of carbonyl (C=O) groups excluding carboxylic acids is 2. The van der Waals surface area contributed by atoms with Crippen molar-refractivity contribution >= 4 is 36.0 Å². The molecule has 160 valence electrons. The van der Waals surface area contributed by atoms with Gasteiger partial charge in [0.05, 0.1) is 6.61 Å². The van der Waals surface area contributed by atoms with E-state index in [2.05, 4.69) is 5.09 Å². The first-order valence-corrected chi connectivity index (χ1v) is 11.7. The highest BCUT2D eigenvalue weighted by Gasteiger charge is 2.32. The van der Waals surface area contributed by atoms with Gasteiger partial charge in [-0.1, -0.05) is 12.1 Å². The molecule has 0 unspecified atom stereocenters. The molecule has 2 atom stereocenters. The van der Waals surface area contributed by atoms with E-state index in [4.69, 9.17) is 24.8 Å². The summed E-state index contributed by atoms with van der Waals surface area (Å²) >= 11 is 0.882. The van der Waals surface area contributed by atoms with Crippen molar-refractivity contribution in [2.24, 2.45) is 5.73 Å². The van der Waals surface area contributed by atoms with Crippen LogP contribution in [0.15, 0.2) is 36.4 Å². The SMILES string of the molecule is CCOC(=O)[C@H](C)N[P@@](=O)(Oc1ccccc1OC(=O)/C=C/C(=O)O)SCCN. The van der Waals surface area contributed by atoms with Gasteiger partial charge in [-0.15, -0.1) is 0 Å². The molecule has 0 aliphatic carbocycles. The minimum atomic E-state index is -3.71. The lowest BCUT2D eigenvalue weighted by Crippen LogP contribution is -2.34. The highest BCUT2D eigenvalue weighted by atomic mass is 32.7. The Kier molecular flexibility index (Phi) is 10.5. The third-order valence-electron chi connectivity index (χ3n) is 3.01. The number of carboxylic acid groups (broad SMARTS) is 1. The third kappa shape index (κ3) is 9.14. The van der Waals surface area contributed by atoms with E-state index >= 15 is 0 Å². The van der Waals surface area contributed by atoms with Crippen molar-refractivity contribution in [2.45, 2.75) is 19.9 Å². The molecule has 0 fully saturated rings. The summed E-state index contributed by atoms with van der Waals surface area (Å²) in [4.78, 5) is 34.1. The van der Waals surface area contributed by atoms with Crippen LogP contribution >= 0.6 is 18.1 Å². The molecule has 0 aliphatic rings. The summed E-state index contributed by atoms with van der Waals surface area (Å²) in [6, 6.07) is 4.97. The van der Waals surface area contributed by atoms with Gasteiger partial charge in [0.2, 0.25) is 0 Å². The molecule has 12 heteroatoms. The summed E-state index contributed by atoms with van der Waals surface area (Å²) in [6.07, 6.45) is 1.35. The molecular weight excluding hydrogens is 423 g/mol. The lowest BCUT2D eigenvalue weighted by atomic mass is 10.3. The summed E-state index contributed by atoms with van der Waals surface area (Å²) in [7, 11) is 0. The maximum atomic E-state index is 13.2. The van der Waals surface area contributed by atoms with E-state index in [0.717, 1.165) is 17.5 Å². The molecule has 29 heavy (non-hydrogen) atoms. The van der Waals surface area contributed by atoms with Crippen LogP contribution in [0.4, 0.5) is 0 Å². The first-order valence-electron chi connectivity index (χ1n) is 8.51. The molecule has 0 saturated carbocycles. The van der Waals surface area contributed by atoms with Gasteiger partial charge in [0.15, 0.2) is 11.5 Å². The fourth-order valence-electron chi connectivity index (χ4n) is 1.84. The van der Waals surface area contributed by atoms with Crippen molar-refractivity contribution in [1.29, 1.82) is 0 Å². The van der Waals surface area contributed by atoms with Crippen LogP contribution in [0.25, 0.3) is 0 Å². The molecule has 10 nitrogen and oxygen atoms in total. The molecule has 1 rings (SSSR count). The first-order chi connectivity index (χ1) is 13.7. The molecular formula is C17H23N2O8PS. The molecule has 0 amide bonds. The minimum Gasteiger partial charge on any atom is -0.478 e. The Hall–Kier alpha value is -2.33. The predicted molar refractivity (Wildman–Crippen MR) is 108 cm³/mol. The molecule has 0 saturated heterocycles. The van der Waals surface area contributed by atoms with Crippen LogP contribution in [0.3, 0.4) is 0 Å². The number of benzene rings is 1. The van der Waals surface area contributed by atoms with Crippen molar-refractivity contribution in [3.05, 3.63) is 36.4 Å². The van der Waals surface area contributed by atoms with Gasteiger partial charge < -0.3 is 24.8 Å². The van der Waals surface area contributed by atoms with E-state index in [-0.39, 0.29) is 30.4 Å². The molecule has 1 aromatic rings. The largest absolute Gasteiger partial charge is 0.478 e. The Balaban J connectivity index is 3.04. The average molecular weight is 446 g/mol. The number of para-hydroxylation sites is 2. The zero-order chi connectivity index (χ0) is 21.9. The van der Waals surface area contributed by atoms with Gasteiger partial charge in [-0.2, -0.15) is 0 Å². The fourth-order valence-corrected chi connectivity index (χ4v) is 5.49.